The Balaban J connectivity index is 2.16. The van der Waals surface area contributed by atoms with E-state index in [2.05, 4.69) is 0 Å². The highest BCUT2D eigenvalue weighted by molar-refractivity contribution is 5.83. The van der Waals surface area contributed by atoms with Crippen LogP contribution < -0.4 is 5.56 Å². The van der Waals surface area contributed by atoms with E-state index in [1.165, 1.54) is 9.47 Å². The quantitative estimate of drug-likeness (QED) is 0.744. The molecule has 0 aliphatic rings. The molecule has 0 N–H and O–H groups in total. The molecule has 0 aliphatic heterocycles. The first-order chi connectivity index (χ1) is 12.2. The number of rotatable bonds is 6. The molecule has 0 radical (unpaired) electrons. The van der Waals surface area contributed by atoms with E-state index < -0.39 is 11.6 Å². The van der Waals surface area contributed by atoms with Crippen LogP contribution in [0.2, 0.25) is 0 Å². The fourth-order valence-corrected chi connectivity index (χ4v) is 2.69. The van der Waals surface area contributed by atoms with Crippen molar-refractivity contribution < 1.29 is 14.3 Å². The summed E-state index contributed by atoms with van der Waals surface area (Å²) in [6.45, 7) is 7.49. The van der Waals surface area contributed by atoms with Gasteiger partial charge in [-0.05, 0) is 44.7 Å². The molecule has 6 nitrogen and oxygen atoms in total. The van der Waals surface area contributed by atoms with E-state index in [1.807, 2.05) is 25.1 Å². The summed E-state index contributed by atoms with van der Waals surface area (Å²) in [5.74, 6) is -0.736. The molecular weight excluding hydrogens is 332 g/mol. The van der Waals surface area contributed by atoms with Gasteiger partial charge < -0.3 is 14.2 Å². The molecule has 140 valence electrons. The molecule has 2 aromatic rings. The van der Waals surface area contributed by atoms with Crippen LogP contribution in [-0.2, 0) is 20.9 Å². The van der Waals surface area contributed by atoms with Crippen molar-refractivity contribution in [2.24, 2.45) is 0 Å². The summed E-state index contributed by atoms with van der Waals surface area (Å²) in [5, 5.41) is 1.40. The molecule has 0 aliphatic carbocycles. The van der Waals surface area contributed by atoms with E-state index in [-0.39, 0.29) is 24.6 Å². The summed E-state index contributed by atoms with van der Waals surface area (Å²) in [6, 6.07) is 9.06. The second-order valence-corrected chi connectivity index (χ2v) is 7.24. The highest BCUT2D eigenvalue weighted by Gasteiger charge is 2.22. The molecule has 1 heterocycles. The number of benzene rings is 1. The minimum Gasteiger partial charge on any atom is -0.459 e. The number of hydrogen-bond donors (Lipinski definition) is 0. The standard InChI is InChI=1S/C20H26N2O4/c1-5-11-21(14-18(24)26-20(2,3)4)17(23)13-22-12-10-15-8-6-7-9-16(15)19(22)25/h6-10,12H,5,11,13-14H2,1-4H3. The number of ether oxygens (including phenoxy) is 1. The maximum atomic E-state index is 12.7. The van der Waals surface area contributed by atoms with Crippen LogP contribution >= 0.6 is 0 Å². The summed E-state index contributed by atoms with van der Waals surface area (Å²) in [6.07, 6.45) is 2.32. The highest BCUT2D eigenvalue weighted by Crippen LogP contribution is 2.10. The van der Waals surface area contributed by atoms with Gasteiger partial charge in [0.15, 0.2) is 0 Å². The average Bonchev–Trinajstić information content (AvgIpc) is 2.55. The SMILES string of the molecule is CCCN(CC(=O)OC(C)(C)C)C(=O)Cn1ccc2ccccc2c1=O. The first-order valence-corrected chi connectivity index (χ1v) is 8.79. The maximum absolute atomic E-state index is 12.7. The van der Waals surface area contributed by atoms with Gasteiger partial charge in [0.05, 0.1) is 0 Å². The van der Waals surface area contributed by atoms with Crippen molar-refractivity contribution in [3.63, 3.8) is 0 Å². The summed E-state index contributed by atoms with van der Waals surface area (Å²) in [7, 11) is 0. The Labute approximate surface area is 153 Å². The molecule has 2 rings (SSSR count). The Hall–Kier alpha value is -2.63. The van der Waals surface area contributed by atoms with Gasteiger partial charge >= 0.3 is 5.97 Å². The third-order valence-corrected chi connectivity index (χ3v) is 3.78. The van der Waals surface area contributed by atoms with Gasteiger partial charge in [0.1, 0.15) is 18.7 Å². The average molecular weight is 358 g/mol. The van der Waals surface area contributed by atoms with E-state index in [0.717, 1.165) is 5.39 Å². The second kappa shape index (κ2) is 8.17. The molecule has 0 fully saturated rings. The second-order valence-electron chi connectivity index (χ2n) is 7.24. The molecule has 0 bridgehead atoms. The Morgan fingerprint density at radius 2 is 1.85 bits per heavy atom. The molecule has 1 aromatic heterocycles. The van der Waals surface area contributed by atoms with Gasteiger partial charge in [-0.1, -0.05) is 25.1 Å². The van der Waals surface area contributed by atoms with E-state index in [9.17, 15) is 14.4 Å². The third-order valence-electron chi connectivity index (χ3n) is 3.78. The van der Waals surface area contributed by atoms with Crippen molar-refractivity contribution in [3.8, 4) is 0 Å². The van der Waals surface area contributed by atoms with Crippen molar-refractivity contribution in [2.45, 2.75) is 46.3 Å². The molecular formula is C20H26N2O4. The molecule has 1 amide bonds. The highest BCUT2D eigenvalue weighted by atomic mass is 16.6. The number of hydrogen-bond acceptors (Lipinski definition) is 4. The fraction of sp³-hybridized carbons (Fsp3) is 0.450. The van der Waals surface area contributed by atoms with Crippen LogP contribution in [0.5, 0.6) is 0 Å². The van der Waals surface area contributed by atoms with Crippen LogP contribution in [0.1, 0.15) is 34.1 Å². The number of amides is 1. The normalized spacial score (nSPS) is 11.4. The van der Waals surface area contributed by atoms with Crippen LogP contribution in [0.25, 0.3) is 10.8 Å². The zero-order valence-electron chi connectivity index (χ0n) is 15.8. The zero-order chi connectivity index (χ0) is 19.3. The first-order valence-electron chi connectivity index (χ1n) is 8.79. The molecule has 0 unspecified atom stereocenters. The van der Waals surface area contributed by atoms with Gasteiger partial charge in [-0.25, -0.2) is 0 Å². The van der Waals surface area contributed by atoms with Crippen LogP contribution in [-0.4, -0.2) is 40.0 Å². The Morgan fingerprint density at radius 1 is 1.15 bits per heavy atom. The molecule has 0 saturated carbocycles. The fourth-order valence-electron chi connectivity index (χ4n) is 2.69. The topological polar surface area (TPSA) is 68.6 Å². The van der Waals surface area contributed by atoms with E-state index in [4.69, 9.17) is 4.74 Å². The van der Waals surface area contributed by atoms with E-state index in [0.29, 0.717) is 18.4 Å². The lowest BCUT2D eigenvalue weighted by molar-refractivity contribution is -0.159. The minimum absolute atomic E-state index is 0.105. The number of aromatic nitrogens is 1. The smallest absolute Gasteiger partial charge is 0.326 e. The molecule has 6 heteroatoms. The first kappa shape index (κ1) is 19.7. The Morgan fingerprint density at radius 3 is 2.50 bits per heavy atom. The molecule has 0 atom stereocenters. The number of esters is 1. The lowest BCUT2D eigenvalue weighted by Gasteiger charge is -2.25. The van der Waals surface area contributed by atoms with Crippen LogP contribution in [0, 0.1) is 0 Å². The van der Waals surface area contributed by atoms with Gasteiger partial charge in [-0.15, -0.1) is 0 Å². The number of carbonyl (C=O) groups excluding carboxylic acids is 2. The van der Waals surface area contributed by atoms with Crippen molar-refractivity contribution in [1.82, 2.24) is 9.47 Å². The lowest BCUT2D eigenvalue weighted by atomic mass is 10.2. The molecule has 0 spiro atoms. The maximum Gasteiger partial charge on any atom is 0.326 e. The van der Waals surface area contributed by atoms with Crippen LogP contribution in [0.3, 0.4) is 0 Å². The van der Waals surface area contributed by atoms with Gasteiger partial charge in [-0.3, -0.25) is 14.4 Å². The third kappa shape index (κ3) is 5.18. The summed E-state index contributed by atoms with van der Waals surface area (Å²) < 4.78 is 6.67. The molecule has 0 saturated heterocycles. The van der Waals surface area contributed by atoms with Crippen molar-refractivity contribution in [2.75, 3.05) is 13.1 Å². The van der Waals surface area contributed by atoms with Crippen LogP contribution in [0.4, 0.5) is 0 Å². The van der Waals surface area contributed by atoms with Gasteiger partial charge in [0.2, 0.25) is 5.91 Å². The summed E-state index contributed by atoms with van der Waals surface area (Å²) in [5.41, 5.74) is -0.821. The molecule has 26 heavy (non-hydrogen) atoms. The zero-order valence-corrected chi connectivity index (χ0v) is 15.8. The number of pyridine rings is 1. The van der Waals surface area contributed by atoms with Gasteiger partial charge in [0, 0.05) is 18.1 Å². The predicted molar refractivity (Wildman–Crippen MR) is 101 cm³/mol. The van der Waals surface area contributed by atoms with Crippen molar-refractivity contribution >= 4 is 22.6 Å². The van der Waals surface area contributed by atoms with E-state index in [1.54, 1.807) is 39.1 Å². The van der Waals surface area contributed by atoms with Gasteiger partial charge in [0.25, 0.3) is 5.56 Å². The Kier molecular flexibility index (Phi) is 6.18. The summed E-state index contributed by atoms with van der Waals surface area (Å²) >= 11 is 0. The van der Waals surface area contributed by atoms with Crippen molar-refractivity contribution in [1.29, 1.82) is 0 Å². The van der Waals surface area contributed by atoms with E-state index >= 15 is 0 Å². The van der Waals surface area contributed by atoms with Crippen LogP contribution in [0.15, 0.2) is 41.3 Å². The number of carbonyl (C=O) groups is 2. The molecule has 1 aromatic carbocycles. The predicted octanol–water partition coefficient (Wildman–Crippen LogP) is 2.58. The number of fused-ring (bicyclic) bond motifs is 1. The minimum atomic E-state index is -0.604. The summed E-state index contributed by atoms with van der Waals surface area (Å²) in [4.78, 5) is 38.7. The Bertz CT molecular complexity index is 849. The largest absolute Gasteiger partial charge is 0.459 e. The van der Waals surface area contributed by atoms with Crippen molar-refractivity contribution in [3.05, 3.63) is 46.9 Å². The number of nitrogens with zero attached hydrogens (tertiary/aromatic N) is 2. The monoisotopic (exact) mass is 358 g/mol. The lowest BCUT2D eigenvalue weighted by Crippen LogP contribution is -2.41. The van der Waals surface area contributed by atoms with Gasteiger partial charge in [-0.2, -0.15) is 0 Å².